The number of aryl methyl sites for hydroxylation is 1. The third-order valence-electron chi connectivity index (χ3n) is 6.83. The molecule has 0 radical (unpaired) electrons. The summed E-state index contributed by atoms with van der Waals surface area (Å²) in [6.07, 6.45) is 7.39. The molecule has 0 aliphatic heterocycles. The van der Waals surface area contributed by atoms with Gasteiger partial charge in [-0.1, -0.05) is 13.0 Å². The summed E-state index contributed by atoms with van der Waals surface area (Å²) in [4.78, 5) is 0. The van der Waals surface area contributed by atoms with Gasteiger partial charge in [0.25, 0.3) is 0 Å². The Bertz CT molecular complexity index is 624. The van der Waals surface area contributed by atoms with E-state index in [0.29, 0.717) is 0 Å². The lowest BCUT2D eigenvalue weighted by Crippen LogP contribution is -2.42. The van der Waals surface area contributed by atoms with Crippen LogP contribution < -0.4 is 10.6 Å². The third-order valence-corrected chi connectivity index (χ3v) is 6.83. The van der Waals surface area contributed by atoms with Crippen LogP contribution in [0.1, 0.15) is 56.1 Å². The maximum Gasteiger partial charge on any atom is 0.119 e. The van der Waals surface area contributed by atoms with Crippen molar-refractivity contribution >= 4 is 5.71 Å². The lowest BCUT2D eigenvalue weighted by molar-refractivity contribution is 0.0955. The zero-order valence-corrected chi connectivity index (χ0v) is 13.6. The maximum atomic E-state index is 5.68. The molecule has 0 unspecified atom stereocenters. The fourth-order valence-corrected chi connectivity index (χ4v) is 5.69. The predicted molar refractivity (Wildman–Crippen MR) is 89.2 cm³/mol. The lowest BCUT2D eigenvalue weighted by atomic mass is 9.55. The van der Waals surface area contributed by atoms with E-state index < -0.39 is 0 Å². The number of fused-ring (bicyclic) bond motifs is 5. The summed E-state index contributed by atoms with van der Waals surface area (Å²) in [6.45, 7) is 2.41. The molecule has 2 N–H and O–H groups in total. The standard InChI is InChI=1S/C19H26N2O/c1-19-10-9-15-14-6-4-13(22-2)11-12(14)3-5-16(15)17(19)7-8-18(19)21-20/h4,6,11,15-17H,3,5,7-10,20H2,1-2H3/b21-18+/t15-,16+,17+,19-/m0/s1. The first-order valence-corrected chi connectivity index (χ1v) is 8.61. The Labute approximate surface area is 132 Å². The van der Waals surface area contributed by atoms with Crippen LogP contribution in [0.2, 0.25) is 0 Å². The van der Waals surface area contributed by atoms with Gasteiger partial charge in [0.05, 0.1) is 7.11 Å². The van der Waals surface area contributed by atoms with Crippen LogP contribution in [0.3, 0.4) is 0 Å². The number of hydrazone groups is 1. The van der Waals surface area contributed by atoms with Crippen molar-refractivity contribution in [1.29, 1.82) is 0 Å². The van der Waals surface area contributed by atoms with E-state index in [4.69, 9.17) is 10.6 Å². The van der Waals surface area contributed by atoms with E-state index in [1.165, 1.54) is 43.4 Å². The van der Waals surface area contributed by atoms with Gasteiger partial charge in [-0.3, -0.25) is 0 Å². The van der Waals surface area contributed by atoms with Gasteiger partial charge in [0.1, 0.15) is 5.75 Å². The smallest absolute Gasteiger partial charge is 0.119 e. The van der Waals surface area contributed by atoms with E-state index in [-0.39, 0.29) is 5.41 Å². The molecule has 0 heterocycles. The van der Waals surface area contributed by atoms with Crippen LogP contribution in [0.4, 0.5) is 0 Å². The van der Waals surface area contributed by atoms with Crippen molar-refractivity contribution in [1.82, 2.24) is 0 Å². The third kappa shape index (κ3) is 1.84. The van der Waals surface area contributed by atoms with Crippen LogP contribution >= 0.6 is 0 Å². The number of hydrogen-bond donors (Lipinski definition) is 1. The molecule has 4 atom stereocenters. The average Bonchev–Trinajstić information content (AvgIpc) is 2.90. The van der Waals surface area contributed by atoms with Crippen molar-refractivity contribution in [2.24, 2.45) is 28.2 Å². The van der Waals surface area contributed by atoms with Gasteiger partial charge in [-0.05, 0) is 79.5 Å². The first-order valence-electron chi connectivity index (χ1n) is 8.61. The summed E-state index contributed by atoms with van der Waals surface area (Å²) < 4.78 is 5.40. The SMILES string of the molecule is COc1ccc2c(c1)CC[C@H]1[C@H]3CC/C(=N\N)[C@@]3(C)CC[C@@H]21. The van der Waals surface area contributed by atoms with E-state index in [1.807, 2.05) is 0 Å². The molecule has 3 aliphatic carbocycles. The highest BCUT2D eigenvalue weighted by Gasteiger charge is 2.53. The minimum atomic E-state index is 0.264. The monoisotopic (exact) mass is 298 g/mol. The number of ether oxygens (including phenoxy) is 1. The average molecular weight is 298 g/mol. The van der Waals surface area contributed by atoms with Crippen LogP contribution in [0.15, 0.2) is 23.3 Å². The Morgan fingerprint density at radius 2 is 2.09 bits per heavy atom. The zero-order chi connectivity index (χ0) is 15.3. The Morgan fingerprint density at radius 1 is 1.23 bits per heavy atom. The number of hydrogen-bond acceptors (Lipinski definition) is 3. The second kappa shape index (κ2) is 5.00. The Kier molecular flexibility index (Phi) is 3.21. The summed E-state index contributed by atoms with van der Waals surface area (Å²) in [5, 5.41) is 4.15. The molecule has 0 bridgehead atoms. The first kappa shape index (κ1) is 14.1. The molecule has 2 saturated carbocycles. The topological polar surface area (TPSA) is 47.6 Å². The molecule has 0 amide bonds. The van der Waals surface area contributed by atoms with Crippen LogP contribution in [0.5, 0.6) is 5.75 Å². The summed E-state index contributed by atoms with van der Waals surface area (Å²) >= 11 is 0. The van der Waals surface area contributed by atoms with Crippen molar-refractivity contribution in [3.05, 3.63) is 29.3 Å². The zero-order valence-electron chi connectivity index (χ0n) is 13.6. The van der Waals surface area contributed by atoms with Gasteiger partial charge in [-0.2, -0.15) is 5.10 Å². The van der Waals surface area contributed by atoms with Crippen molar-refractivity contribution in [3.8, 4) is 5.75 Å². The quantitative estimate of drug-likeness (QED) is 0.632. The van der Waals surface area contributed by atoms with Gasteiger partial charge in [0, 0.05) is 11.1 Å². The molecule has 0 saturated heterocycles. The Balaban J connectivity index is 1.69. The van der Waals surface area contributed by atoms with Crippen molar-refractivity contribution in [3.63, 3.8) is 0 Å². The highest BCUT2D eigenvalue weighted by molar-refractivity contribution is 5.92. The highest BCUT2D eigenvalue weighted by atomic mass is 16.5. The van der Waals surface area contributed by atoms with E-state index >= 15 is 0 Å². The summed E-state index contributed by atoms with van der Waals surface area (Å²) in [5.74, 6) is 8.97. The van der Waals surface area contributed by atoms with Crippen molar-refractivity contribution in [2.75, 3.05) is 7.11 Å². The molecule has 1 aromatic rings. The number of nitrogens with zero attached hydrogens (tertiary/aromatic N) is 1. The summed E-state index contributed by atoms with van der Waals surface area (Å²) in [7, 11) is 1.76. The number of benzene rings is 1. The fraction of sp³-hybridized carbons (Fsp3) is 0.632. The molecule has 1 aromatic carbocycles. The second-order valence-electron chi connectivity index (χ2n) is 7.55. The van der Waals surface area contributed by atoms with Gasteiger partial charge < -0.3 is 10.6 Å². The fourth-order valence-electron chi connectivity index (χ4n) is 5.69. The first-order chi connectivity index (χ1) is 10.7. The number of methoxy groups -OCH3 is 1. The molecule has 22 heavy (non-hydrogen) atoms. The van der Waals surface area contributed by atoms with Gasteiger partial charge in [0.2, 0.25) is 0 Å². The van der Waals surface area contributed by atoms with E-state index in [1.54, 1.807) is 12.7 Å². The molecule has 3 nitrogen and oxygen atoms in total. The minimum Gasteiger partial charge on any atom is -0.497 e. The van der Waals surface area contributed by atoms with Gasteiger partial charge in [-0.15, -0.1) is 0 Å². The van der Waals surface area contributed by atoms with Crippen LogP contribution in [0, 0.1) is 17.3 Å². The molecule has 3 aliphatic rings. The Morgan fingerprint density at radius 3 is 2.86 bits per heavy atom. The number of nitrogens with two attached hydrogens (primary N) is 1. The van der Waals surface area contributed by atoms with Crippen LogP contribution in [0.25, 0.3) is 0 Å². The van der Waals surface area contributed by atoms with E-state index in [0.717, 1.165) is 29.9 Å². The van der Waals surface area contributed by atoms with Gasteiger partial charge in [-0.25, -0.2) is 0 Å². The summed E-state index contributed by atoms with van der Waals surface area (Å²) in [5.41, 5.74) is 4.63. The largest absolute Gasteiger partial charge is 0.497 e. The maximum absolute atomic E-state index is 5.68. The van der Waals surface area contributed by atoms with Gasteiger partial charge in [0.15, 0.2) is 0 Å². The Hall–Kier alpha value is -1.51. The van der Waals surface area contributed by atoms with Crippen LogP contribution in [-0.4, -0.2) is 12.8 Å². The molecule has 118 valence electrons. The highest BCUT2D eigenvalue weighted by Crippen LogP contribution is 2.59. The lowest BCUT2D eigenvalue weighted by Gasteiger charge is -2.49. The van der Waals surface area contributed by atoms with Crippen LogP contribution in [-0.2, 0) is 6.42 Å². The molecule has 4 rings (SSSR count). The summed E-state index contributed by atoms with van der Waals surface area (Å²) in [6, 6.07) is 6.71. The van der Waals surface area contributed by atoms with E-state index in [2.05, 4.69) is 30.2 Å². The van der Waals surface area contributed by atoms with E-state index in [9.17, 15) is 0 Å². The number of rotatable bonds is 1. The molecule has 0 spiro atoms. The molecular weight excluding hydrogens is 272 g/mol. The molecular formula is C19H26N2O. The molecule has 2 fully saturated rings. The second-order valence-corrected chi connectivity index (χ2v) is 7.55. The van der Waals surface area contributed by atoms with Crippen molar-refractivity contribution < 1.29 is 4.74 Å². The van der Waals surface area contributed by atoms with Gasteiger partial charge >= 0.3 is 0 Å². The predicted octanol–water partition coefficient (Wildman–Crippen LogP) is 3.87. The molecule has 0 aromatic heterocycles. The minimum absolute atomic E-state index is 0.264. The molecule has 3 heteroatoms. The normalized spacial score (nSPS) is 38.3. The van der Waals surface area contributed by atoms with Crippen molar-refractivity contribution in [2.45, 2.75) is 51.4 Å².